The van der Waals surface area contributed by atoms with Crippen molar-refractivity contribution >= 4 is 28.1 Å². The summed E-state index contributed by atoms with van der Waals surface area (Å²) in [4.78, 5) is 19.2. The molecule has 0 amide bonds. The minimum atomic E-state index is -0.350. The number of hydrogen-bond acceptors (Lipinski definition) is 5. The molecule has 0 bridgehead atoms. The van der Waals surface area contributed by atoms with Crippen LogP contribution in [-0.4, -0.2) is 24.1 Å². The van der Waals surface area contributed by atoms with Gasteiger partial charge in [0.2, 0.25) is 0 Å². The fourth-order valence-electron chi connectivity index (χ4n) is 1.92. The SMILES string of the molecule is CCOC(=O)c1nc(N(CC)c2ccccc2)sc1C. The summed E-state index contributed by atoms with van der Waals surface area (Å²) < 4.78 is 5.03. The van der Waals surface area contributed by atoms with Crippen LogP contribution in [0.3, 0.4) is 0 Å². The van der Waals surface area contributed by atoms with Crippen LogP contribution in [0.25, 0.3) is 0 Å². The van der Waals surface area contributed by atoms with Gasteiger partial charge in [-0.3, -0.25) is 0 Å². The second kappa shape index (κ2) is 6.52. The van der Waals surface area contributed by atoms with E-state index in [9.17, 15) is 4.79 Å². The Morgan fingerprint density at radius 1 is 1.30 bits per heavy atom. The molecule has 0 aliphatic rings. The van der Waals surface area contributed by atoms with Gasteiger partial charge in [-0.15, -0.1) is 11.3 Å². The number of hydrogen-bond donors (Lipinski definition) is 0. The summed E-state index contributed by atoms with van der Waals surface area (Å²) in [6.45, 7) is 6.91. The van der Waals surface area contributed by atoms with Gasteiger partial charge >= 0.3 is 5.97 Å². The van der Waals surface area contributed by atoms with Gasteiger partial charge < -0.3 is 9.64 Å². The maximum Gasteiger partial charge on any atom is 0.358 e. The normalized spacial score (nSPS) is 10.3. The van der Waals surface area contributed by atoms with Crippen LogP contribution >= 0.6 is 11.3 Å². The van der Waals surface area contributed by atoms with E-state index in [4.69, 9.17) is 4.74 Å². The molecule has 0 atom stereocenters. The lowest BCUT2D eigenvalue weighted by molar-refractivity contribution is 0.0519. The van der Waals surface area contributed by atoms with Gasteiger partial charge in [-0.25, -0.2) is 9.78 Å². The molecule has 0 fully saturated rings. The molecule has 2 rings (SSSR count). The van der Waals surface area contributed by atoms with E-state index in [-0.39, 0.29) is 5.97 Å². The number of ether oxygens (including phenoxy) is 1. The van der Waals surface area contributed by atoms with Crippen molar-refractivity contribution in [3.8, 4) is 0 Å². The Morgan fingerprint density at radius 2 is 2.00 bits per heavy atom. The highest BCUT2D eigenvalue weighted by Crippen LogP contribution is 2.31. The van der Waals surface area contributed by atoms with Crippen molar-refractivity contribution in [2.75, 3.05) is 18.1 Å². The number of anilines is 2. The summed E-state index contributed by atoms with van der Waals surface area (Å²) in [6, 6.07) is 10.0. The summed E-state index contributed by atoms with van der Waals surface area (Å²) in [5.74, 6) is -0.350. The second-order valence-corrected chi connectivity index (χ2v) is 5.38. The minimum absolute atomic E-state index is 0.350. The molecule has 5 heteroatoms. The lowest BCUT2D eigenvalue weighted by Crippen LogP contribution is -2.16. The summed E-state index contributed by atoms with van der Waals surface area (Å²) in [5.41, 5.74) is 1.49. The van der Waals surface area contributed by atoms with Crippen LogP contribution in [0.4, 0.5) is 10.8 Å². The van der Waals surface area contributed by atoms with Crippen LogP contribution in [-0.2, 0) is 4.74 Å². The number of esters is 1. The maximum absolute atomic E-state index is 11.8. The van der Waals surface area contributed by atoms with E-state index in [1.54, 1.807) is 6.92 Å². The summed E-state index contributed by atoms with van der Waals surface area (Å²) in [6.07, 6.45) is 0. The number of thiazole rings is 1. The van der Waals surface area contributed by atoms with Gasteiger partial charge in [0.25, 0.3) is 0 Å². The summed E-state index contributed by atoms with van der Waals surface area (Å²) in [7, 11) is 0. The zero-order valence-corrected chi connectivity index (χ0v) is 12.7. The Kier molecular flexibility index (Phi) is 4.74. The first kappa shape index (κ1) is 14.5. The highest BCUT2D eigenvalue weighted by molar-refractivity contribution is 7.15. The van der Waals surface area contributed by atoms with Gasteiger partial charge in [-0.2, -0.15) is 0 Å². The lowest BCUT2D eigenvalue weighted by Gasteiger charge is -2.19. The molecule has 0 spiro atoms. The Bertz CT molecular complexity index is 581. The molecule has 106 valence electrons. The largest absolute Gasteiger partial charge is 0.461 e. The molecule has 0 aliphatic heterocycles. The van der Waals surface area contributed by atoms with Gasteiger partial charge in [0, 0.05) is 17.1 Å². The van der Waals surface area contributed by atoms with E-state index in [0.717, 1.165) is 22.2 Å². The molecule has 0 radical (unpaired) electrons. The number of para-hydroxylation sites is 1. The maximum atomic E-state index is 11.8. The first-order valence-electron chi connectivity index (χ1n) is 6.64. The van der Waals surface area contributed by atoms with Crippen LogP contribution in [0, 0.1) is 6.92 Å². The topological polar surface area (TPSA) is 42.4 Å². The second-order valence-electron chi connectivity index (χ2n) is 4.20. The van der Waals surface area contributed by atoms with Crippen molar-refractivity contribution in [3.05, 3.63) is 40.9 Å². The smallest absolute Gasteiger partial charge is 0.358 e. The average molecular weight is 290 g/mol. The third kappa shape index (κ3) is 2.99. The molecular formula is C15H18N2O2S. The lowest BCUT2D eigenvalue weighted by atomic mass is 10.3. The third-order valence-corrected chi connectivity index (χ3v) is 3.86. The fraction of sp³-hybridized carbons (Fsp3) is 0.333. The molecular weight excluding hydrogens is 272 g/mol. The van der Waals surface area contributed by atoms with Crippen molar-refractivity contribution < 1.29 is 9.53 Å². The van der Waals surface area contributed by atoms with Crippen molar-refractivity contribution in [3.63, 3.8) is 0 Å². The Hall–Kier alpha value is -1.88. The molecule has 1 aromatic carbocycles. The highest BCUT2D eigenvalue weighted by atomic mass is 32.1. The van der Waals surface area contributed by atoms with Crippen molar-refractivity contribution in [1.29, 1.82) is 0 Å². The first-order chi connectivity index (χ1) is 9.67. The third-order valence-electron chi connectivity index (χ3n) is 2.87. The van der Waals surface area contributed by atoms with Gasteiger partial charge in [-0.1, -0.05) is 18.2 Å². The molecule has 0 saturated carbocycles. The van der Waals surface area contributed by atoms with Crippen molar-refractivity contribution in [2.45, 2.75) is 20.8 Å². The van der Waals surface area contributed by atoms with E-state index < -0.39 is 0 Å². The molecule has 1 heterocycles. The molecule has 0 unspecified atom stereocenters. The predicted octanol–water partition coefficient (Wildman–Crippen LogP) is 3.79. The van der Waals surface area contributed by atoms with E-state index >= 15 is 0 Å². The van der Waals surface area contributed by atoms with E-state index in [1.807, 2.05) is 37.3 Å². The van der Waals surface area contributed by atoms with Crippen molar-refractivity contribution in [1.82, 2.24) is 4.98 Å². The van der Waals surface area contributed by atoms with Gasteiger partial charge in [0.05, 0.1) is 6.61 Å². The number of rotatable bonds is 5. The van der Waals surface area contributed by atoms with Gasteiger partial charge in [0.1, 0.15) is 0 Å². The number of benzene rings is 1. The molecule has 2 aromatic rings. The van der Waals surface area contributed by atoms with Gasteiger partial charge in [0.15, 0.2) is 10.8 Å². The van der Waals surface area contributed by atoms with E-state index in [2.05, 4.69) is 16.8 Å². The summed E-state index contributed by atoms with van der Waals surface area (Å²) >= 11 is 1.51. The first-order valence-corrected chi connectivity index (χ1v) is 7.46. The molecule has 0 saturated heterocycles. The molecule has 0 aliphatic carbocycles. The fourth-order valence-corrected chi connectivity index (χ4v) is 2.90. The number of carbonyl (C=O) groups excluding carboxylic acids is 1. The van der Waals surface area contributed by atoms with Crippen LogP contribution in [0.2, 0.25) is 0 Å². The zero-order valence-electron chi connectivity index (χ0n) is 11.9. The van der Waals surface area contributed by atoms with Crippen LogP contribution in [0.5, 0.6) is 0 Å². The molecule has 4 nitrogen and oxygen atoms in total. The van der Waals surface area contributed by atoms with Crippen LogP contribution < -0.4 is 4.90 Å². The zero-order chi connectivity index (χ0) is 14.5. The average Bonchev–Trinajstić information content (AvgIpc) is 2.83. The molecule has 1 aromatic heterocycles. The van der Waals surface area contributed by atoms with E-state index in [1.165, 1.54) is 11.3 Å². The number of aryl methyl sites for hydroxylation is 1. The van der Waals surface area contributed by atoms with Crippen molar-refractivity contribution in [2.24, 2.45) is 0 Å². The minimum Gasteiger partial charge on any atom is -0.461 e. The highest BCUT2D eigenvalue weighted by Gasteiger charge is 2.19. The standard InChI is InChI=1S/C15H18N2O2S/c1-4-17(12-9-7-6-8-10-12)15-16-13(11(3)20-15)14(18)19-5-2/h6-10H,4-5H2,1-3H3. The Labute approximate surface area is 123 Å². The monoisotopic (exact) mass is 290 g/mol. The van der Waals surface area contributed by atoms with Crippen LogP contribution in [0.15, 0.2) is 30.3 Å². The van der Waals surface area contributed by atoms with Gasteiger partial charge in [-0.05, 0) is 32.9 Å². The Balaban J connectivity index is 2.32. The predicted molar refractivity (Wildman–Crippen MR) is 81.9 cm³/mol. The Morgan fingerprint density at radius 3 is 2.60 bits per heavy atom. The van der Waals surface area contributed by atoms with Crippen LogP contribution in [0.1, 0.15) is 29.2 Å². The number of nitrogens with zero attached hydrogens (tertiary/aromatic N) is 2. The number of carbonyl (C=O) groups is 1. The number of aromatic nitrogens is 1. The molecule has 0 N–H and O–H groups in total. The summed E-state index contributed by atoms with van der Waals surface area (Å²) in [5, 5.41) is 0.819. The quantitative estimate of drug-likeness (QED) is 0.786. The van der Waals surface area contributed by atoms with E-state index in [0.29, 0.717) is 12.3 Å². The molecule has 20 heavy (non-hydrogen) atoms.